The number of amides is 1. The number of halogens is 1. The van der Waals surface area contributed by atoms with E-state index in [2.05, 4.69) is 5.32 Å². The third-order valence-electron chi connectivity index (χ3n) is 4.77. The zero-order valence-corrected chi connectivity index (χ0v) is 16.5. The van der Waals surface area contributed by atoms with E-state index in [1.165, 1.54) is 0 Å². The van der Waals surface area contributed by atoms with Crippen molar-refractivity contribution in [2.45, 2.75) is 13.1 Å². The molecule has 5 nitrogen and oxygen atoms in total. The normalized spacial score (nSPS) is 15.4. The number of rotatable bonds is 4. The molecule has 0 fully saturated rings. The van der Waals surface area contributed by atoms with Crippen molar-refractivity contribution >= 4 is 34.9 Å². The van der Waals surface area contributed by atoms with Gasteiger partial charge in [-0.05, 0) is 61.0 Å². The number of esters is 1. The minimum absolute atomic E-state index is 0.122. The van der Waals surface area contributed by atoms with Gasteiger partial charge in [-0.1, -0.05) is 35.9 Å². The van der Waals surface area contributed by atoms with E-state index in [9.17, 15) is 9.59 Å². The van der Waals surface area contributed by atoms with Crippen molar-refractivity contribution in [3.63, 3.8) is 0 Å². The molecule has 1 aliphatic rings. The smallest absolute Gasteiger partial charge is 0.338 e. The summed E-state index contributed by atoms with van der Waals surface area (Å²) in [6, 6.07) is 21.6. The Bertz CT molecular complexity index is 1050. The second kappa shape index (κ2) is 7.97. The number of benzene rings is 3. The Morgan fingerprint density at radius 1 is 1.03 bits per heavy atom. The molecule has 1 atom stereocenters. The quantitative estimate of drug-likeness (QED) is 0.598. The maximum atomic E-state index is 13.4. The molecule has 6 heteroatoms. The minimum atomic E-state index is -0.414. The van der Waals surface area contributed by atoms with E-state index < -0.39 is 6.17 Å². The molecule has 1 aliphatic heterocycles. The third-order valence-corrected chi connectivity index (χ3v) is 5.02. The van der Waals surface area contributed by atoms with Gasteiger partial charge in [0.2, 0.25) is 0 Å². The first-order chi connectivity index (χ1) is 14.1. The lowest BCUT2D eigenvalue weighted by Crippen LogP contribution is -2.43. The molecule has 146 valence electrons. The monoisotopic (exact) mass is 406 g/mol. The second-order valence-electron chi connectivity index (χ2n) is 6.59. The Morgan fingerprint density at radius 2 is 1.72 bits per heavy atom. The van der Waals surface area contributed by atoms with Gasteiger partial charge in [-0.3, -0.25) is 9.69 Å². The molecule has 0 saturated carbocycles. The summed E-state index contributed by atoms with van der Waals surface area (Å²) < 4.78 is 5.04. The highest BCUT2D eigenvalue weighted by Gasteiger charge is 2.34. The second-order valence-corrected chi connectivity index (χ2v) is 7.02. The predicted octanol–water partition coefficient (Wildman–Crippen LogP) is 5.29. The first kappa shape index (κ1) is 19.0. The third kappa shape index (κ3) is 3.69. The van der Waals surface area contributed by atoms with Crippen LogP contribution in [0.5, 0.6) is 0 Å². The predicted molar refractivity (Wildman–Crippen MR) is 113 cm³/mol. The number of fused-ring (bicyclic) bond motifs is 1. The number of hydrogen-bond donors (Lipinski definition) is 1. The number of carbonyl (C=O) groups excluding carboxylic acids is 2. The lowest BCUT2D eigenvalue weighted by molar-refractivity contribution is 0.0526. The summed E-state index contributed by atoms with van der Waals surface area (Å²) in [5.41, 5.74) is 3.37. The van der Waals surface area contributed by atoms with Crippen LogP contribution in [0.2, 0.25) is 5.02 Å². The van der Waals surface area contributed by atoms with E-state index in [1.807, 2.05) is 30.3 Å². The van der Waals surface area contributed by atoms with Gasteiger partial charge in [0.1, 0.15) is 6.17 Å². The number of nitrogens with one attached hydrogen (secondary N) is 1. The average molecular weight is 407 g/mol. The minimum Gasteiger partial charge on any atom is -0.462 e. The van der Waals surface area contributed by atoms with Crippen molar-refractivity contribution in [1.29, 1.82) is 0 Å². The van der Waals surface area contributed by atoms with Gasteiger partial charge in [0.05, 0.1) is 17.7 Å². The summed E-state index contributed by atoms with van der Waals surface area (Å²) in [6.45, 7) is 2.07. The van der Waals surface area contributed by atoms with Crippen LogP contribution < -0.4 is 10.2 Å². The molecule has 0 radical (unpaired) electrons. The van der Waals surface area contributed by atoms with E-state index in [1.54, 1.807) is 54.3 Å². The van der Waals surface area contributed by atoms with Gasteiger partial charge in [0.15, 0.2) is 0 Å². The summed E-state index contributed by atoms with van der Waals surface area (Å²) in [6.07, 6.45) is -0.414. The summed E-state index contributed by atoms with van der Waals surface area (Å²) >= 11 is 6.04. The van der Waals surface area contributed by atoms with E-state index in [0.717, 1.165) is 11.3 Å². The Morgan fingerprint density at radius 3 is 2.41 bits per heavy atom. The maximum absolute atomic E-state index is 13.4. The summed E-state index contributed by atoms with van der Waals surface area (Å²) in [7, 11) is 0. The molecule has 3 aromatic rings. The van der Waals surface area contributed by atoms with Gasteiger partial charge in [0.25, 0.3) is 5.91 Å². The lowest BCUT2D eigenvalue weighted by atomic mass is 10.0. The van der Waals surface area contributed by atoms with Crippen molar-refractivity contribution in [3.05, 3.63) is 94.5 Å². The number of hydrogen-bond acceptors (Lipinski definition) is 4. The molecule has 4 rings (SSSR count). The zero-order valence-electron chi connectivity index (χ0n) is 15.8. The lowest BCUT2D eigenvalue weighted by Gasteiger charge is -2.38. The Balaban J connectivity index is 1.76. The largest absolute Gasteiger partial charge is 0.462 e. The molecule has 0 bridgehead atoms. The van der Waals surface area contributed by atoms with Gasteiger partial charge in [0, 0.05) is 16.4 Å². The van der Waals surface area contributed by atoms with Crippen LogP contribution in [-0.4, -0.2) is 18.5 Å². The first-order valence-corrected chi connectivity index (χ1v) is 9.68. The van der Waals surface area contributed by atoms with Gasteiger partial charge in [-0.2, -0.15) is 0 Å². The van der Waals surface area contributed by atoms with Crippen LogP contribution in [0.1, 0.15) is 39.4 Å². The summed E-state index contributed by atoms with van der Waals surface area (Å²) in [5.74, 6) is -0.509. The highest BCUT2D eigenvalue weighted by molar-refractivity contribution is 6.30. The molecule has 3 aromatic carbocycles. The van der Waals surface area contributed by atoms with Crippen molar-refractivity contribution in [1.82, 2.24) is 0 Å². The molecular weight excluding hydrogens is 388 g/mol. The number of ether oxygens (including phenoxy) is 1. The van der Waals surface area contributed by atoms with Gasteiger partial charge in [-0.25, -0.2) is 4.79 Å². The van der Waals surface area contributed by atoms with Gasteiger partial charge < -0.3 is 10.1 Å². The molecular formula is C23H19ClN2O3. The maximum Gasteiger partial charge on any atom is 0.338 e. The number of para-hydroxylation sites is 1. The van der Waals surface area contributed by atoms with Crippen LogP contribution >= 0.6 is 11.6 Å². The van der Waals surface area contributed by atoms with Crippen LogP contribution in [0.25, 0.3) is 0 Å². The molecule has 0 aromatic heterocycles. The molecule has 29 heavy (non-hydrogen) atoms. The highest BCUT2D eigenvalue weighted by Crippen LogP contribution is 2.36. The van der Waals surface area contributed by atoms with Crippen LogP contribution in [0.4, 0.5) is 11.4 Å². The number of nitrogens with zero attached hydrogens (tertiary/aromatic N) is 1. The first-order valence-electron chi connectivity index (χ1n) is 9.30. The Hall–Kier alpha value is -3.31. The number of anilines is 2. The highest BCUT2D eigenvalue weighted by atomic mass is 35.5. The molecule has 0 aliphatic carbocycles. The standard InChI is InChI=1S/C23H19ClN2O3/c1-2-29-23(28)16-9-13-18(14-10-16)26-21(15-7-11-17(24)12-8-15)25-20-6-4-3-5-19(20)22(26)27/h3-14,21,25H,2H2,1H3. The molecule has 1 unspecified atom stereocenters. The fourth-order valence-corrected chi connectivity index (χ4v) is 3.50. The molecule has 1 N–H and O–H groups in total. The fraction of sp³-hybridized carbons (Fsp3) is 0.130. The molecule has 1 amide bonds. The van der Waals surface area contributed by atoms with E-state index in [-0.39, 0.29) is 11.9 Å². The average Bonchev–Trinajstić information content (AvgIpc) is 2.75. The Labute approximate surface area is 173 Å². The molecule has 1 heterocycles. The van der Waals surface area contributed by atoms with Gasteiger partial charge >= 0.3 is 5.97 Å². The SMILES string of the molecule is CCOC(=O)c1ccc(N2C(=O)c3ccccc3NC2c2ccc(Cl)cc2)cc1. The molecule has 0 saturated heterocycles. The van der Waals surface area contributed by atoms with Crippen molar-refractivity contribution in [2.75, 3.05) is 16.8 Å². The zero-order chi connectivity index (χ0) is 20.4. The van der Waals surface area contributed by atoms with Crippen molar-refractivity contribution in [3.8, 4) is 0 Å². The fourth-order valence-electron chi connectivity index (χ4n) is 3.37. The summed E-state index contributed by atoms with van der Waals surface area (Å²) in [5, 5.41) is 4.07. The Kier molecular flexibility index (Phi) is 5.23. The van der Waals surface area contributed by atoms with E-state index in [4.69, 9.17) is 16.3 Å². The van der Waals surface area contributed by atoms with Crippen molar-refractivity contribution < 1.29 is 14.3 Å². The summed E-state index contributed by atoms with van der Waals surface area (Å²) in [4.78, 5) is 27.0. The van der Waals surface area contributed by atoms with Crippen LogP contribution in [0.3, 0.4) is 0 Å². The van der Waals surface area contributed by atoms with E-state index in [0.29, 0.717) is 28.4 Å². The number of carbonyl (C=O) groups is 2. The van der Waals surface area contributed by atoms with Crippen LogP contribution in [-0.2, 0) is 4.74 Å². The van der Waals surface area contributed by atoms with E-state index >= 15 is 0 Å². The van der Waals surface area contributed by atoms with Gasteiger partial charge in [-0.15, -0.1) is 0 Å². The van der Waals surface area contributed by atoms with Crippen LogP contribution in [0, 0.1) is 0 Å². The van der Waals surface area contributed by atoms with Crippen molar-refractivity contribution in [2.24, 2.45) is 0 Å². The molecule has 0 spiro atoms. The topological polar surface area (TPSA) is 58.6 Å². The van der Waals surface area contributed by atoms with Crippen LogP contribution in [0.15, 0.2) is 72.8 Å².